The Morgan fingerprint density at radius 2 is 2.12 bits per heavy atom. The summed E-state index contributed by atoms with van der Waals surface area (Å²) in [7, 11) is 1.82. The predicted molar refractivity (Wildman–Crippen MR) is 132 cm³/mol. The van der Waals surface area contributed by atoms with Crippen LogP contribution < -0.4 is 5.32 Å². The van der Waals surface area contributed by atoms with Gasteiger partial charge in [0.15, 0.2) is 5.13 Å². The van der Waals surface area contributed by atoms with E-state index in [1.54, 1.807) is 12.1 Å². The van der Waals surface area contributed by atoms with Crippen LogP contribution in [-0.2, 0) is 6.42 Å². The van der Waals surface area contributed by atoms with Crippen LogP contribution in [0, 0.1) is 18.7 Å². The number of thiazole rings is 1. The number of halogens is 1. The summed E-state index contributed by atoms with van der Waals surface area (Å²) >= 11 is 1.50. The normalized spacial score (nSPS) is 13.4. The van der Waals surface area contributed by atoms with Crippen LogP contribution in [0.2, 0.25) is 0 Å². The Bertz CT molecular complexity index is 1310. The topological polar surface area (TPSA) is 61.0 Å². The van der Waals surface area contributed by atoms with E-state index in [-0.39, 0.29) is 11.7 Å². The van der Waals surface area contributed by atoms with Gasteiger partial charge in [-0.1, -0.05) is 41.2 Å². The molecule has 33 heavy (non-hydrogen) atoms. The lowest BCUT2D eigenvalue weighted by Crippen LogP contribution is -2.35. The van der Waals surface area contributed by atoms with E-state index < -0.39 is 0 Å². The second kappa shape index (κ2) is 8.98. The van der Waals surface area contributed by atoms with Gasteiger partial charge in [-0.25, -0.2) is 9.37 Å². The van der Waals surface area contributed by atoms with Crippen LogP contribution in [0.4, 0.5) is 9.52 Å². The molecule has 5 nitrogen and oxygen atoms in total. The van der Waals surface area contributed by atoms with Gasteiger partial charge in [0.2, 0.25) is 0 Å². The maximum absolute atomic E-state index is 13.8. The van der Waals surface area contributed by atoms with E-state index in [4.69, 9.17) is 0 Å². The molecule has 5 rings (SSSR count). The number of nitrogens with one attached hydrogen (secondary N) is 2. The first-order valence-electron chi connectivity index (χ1n) is 11.3. The zero-order valence-electron chi connectivity index (χ0n) is 18.8. The number of carbonyl (C=O) groups excluding carboxylic acids is 1. The van der Waals surface area contributed by atoms with Crippen molar-refractivity contribution in [1.82, 2.24) is 14.9 Å². The Hall–Kier alpha value is -3.19. The Morgan fingerprint density at radius 1 is 1.27 bits per heavy atom. The van der Waals surface area contributed by atoms with Crippen LogP contribution in [0.5, 0.6) is 0 Å². The van der Waals surface area contributed by atoms with E-state index in [2.05, 4.69) is 34.3 Å². The van der Waals surface area contributed by atoms with Gasteiger partial charge in [0, 0.05) is 37.2 Å². The van der Waals surface area contributed by atoms with Crippen molar-refractivity contribution in [2.24, 2.45) is 5.92 Å². The number of benzene rings is 2. The molecule has 0 unspecified atom stereocenters. The molecule has 1 aliphatic rings. The van der Waals surface area contributed by atoms with E-state index >= 15 is 0 Å². The molecule has 0 radical (unpaired) electrons. The average molecular weight is 463 g/mol. The summed E-state index contributed by atoms with van der Waals surface area (Å²) in [5.74, 6) is 0.264. The van der Waals surface area contributed by atoms with Crippen molar-refractivity contribution < 1.29 is 9.18 Å². The number of amides is 1. The highest BCUT2D eigenvalue weighted by atomic mass is 32.1. The lowest BCUT2D eigenvalue weighted by molar-refractivity contribution is 0.0745. The van der Waals surface area contributed by atoms with Gasteiger partial charge in [-0.2, -0.15) is 0 Å². The molecule has 170 valence electrons. The van der Waals surface area contributed by atoms with Crippen LogP contribution in [0.3, 0.4) is 0 Å². The molecule has 2 aromatic carbocycles. The Morgan fingerprint density at radius 3 is 2.88 bits per heavy atom. The molecule has 1 fully saturated rings. The third-order valence-electron chi connectivity index (χ3n) is 6.17. The third kappa shape index (κ3) is 4.64. The number of hydrogen-bond donors (Lipinski definition) is 2. The molecule has 0 aliphatic heterocycles. The fourth-order valence-electron chi connectivity index (χ4n) is 4.20. The number of H-pyrrole nitrogens is 1. The van der Waals surface area contributed by atoms with Crippen molar-refractivity contribution in [1.29, 1.82) is 0 Å². The first-order valence-corrected chi connectivity index (χ1v) is 12.1. The largest absolute Gasteiger partial charge is 0.365 e. The van der Waals surface area contributed by atoms with E-state index in [0.717, 1.165) is 57.0 Å². The minimum atomic E-state index is -0.251. The molecule has 1 aliphatic carbocycles. The van der Waals surface area contributed by atoms with Crippen molar-refractivity contribution in [2.75, 3.05) is 25.5 Å². The standard InChI is InChI=1S/C26H27FN4OS/c1-16-4-3-5-18(12-16)24-23(30-26(28-2)33-24)25(32)31(15-17-6-7-17)11-10-19-14-29-22-9-8-20(27)13-21(19)22/h3-5,8-9,12-14,17,29H,6-7,10-11,15H2,1-2H3,(H,28,30). The summed E-state index contributed by atoms with van der Waals surface area (Å²) in [5.41, 5.74) is 4.58. The number of fused-ring (bicyclic) bond motifs is 1. The molecule has 1 amide bonds. The smallest absolute Gasteiger partial charge is 0.274 e. The Balaban J connectivity index is 1.44. The maximum atomic E-state index is 13.8. The second-order valence-corrected chi connectivity index (χ2v) is 9.76. The minimum Gasteiger partial charge on any atom is -0.365 e. The van der Waals surface area contributed by atoms with Crippen molar-refractivity contribution in [3.05, 3.63) is 71.3 Å². The molecule has 2 N–H and O–H groups in total. The van der Waals surface area contributed by atoms with Gasteiger partial charge >= 0.3 is 0 Å². The highest BCUT2D eigenvalue weighted by molar-refractivity contribution is 7.19. The van der Waals surface area contributed by atoms with Gasteiger partial charge in [-0.3, -0.25) is 4.79 Å². The second-order valence-electron chi connectivity index (χ2n) is 8.76. The van der Waals surface area contributed by atoms with Gasteiger partial charge in [-0.15, -0.1) is 0 Å². The van der Waals surface area contributed by atoms with Gasteiger partial charge < -0.3 is 15.2 Å². The predicted octanol–water partition coefficient (Wildman–Crippen LogP) is 5.88. The number of aryl methyl sites for hydroxylation is 1. The average Bonchev–Trinajstić information content (AvgIpc) is 3.38. The molecular weight excluding hydrogens is 435 g/mol. The third-order valence-corrected chi connectivity index (χ3v) is 7.29. The highest BCUT2D eigenvalue weighted by Gasteiger charge is 2.30. The Labute approximate surface area is 196 Å². The summed E-state index contributed by atoms with van der Waals surface area (Å²) in [4.78, 5) is 24.5. The van der Waals surface area contributed by atoms with Crippen molar-refractivity contribution in [2.45, 2.75) is 26.2 Å². The van der Waals surface area contributed by atoms with Gasteiger partial charge in [-0.05, 0) is 61.4 Å². The molecule has 4 aromatic rings. The van der Waals surface area contributed by atoms with E-state index in [0.29, 0.717) is 24.6 Å². The van der Waals surface area contributed by atoms with Crippen molar-refractivity contribution >= 4 is 33.3 Å². The molecule has 7 heteroatoms. The molecule has 2 heterocycles. The van der Waals surface area contributed by atoms with E-state index in [1.165, 1.54) is 17.4 Å². The summed E-state index contributed by atoms with van der Waals surface area (Å²) in [6.45, 7) is 3.35. The molecular formula is C26H27FN4OS. The summed E-state index contributed by atoms with van der Waals surface area (Å²) in [5, 5.41) is 4.70. The Kier molecular flexibility index (Phi) is 5.89. The number of anilines is 1. The highest BCUT2D eigenvalue weighted by Crippen LogP contribution is 2.36. The number of nitrogens with zero attached hydrogens (tertiary/aromatic N) is 2. The zero-order chi connectivity index (χ0) is 22.9. The van der Waals surface area contributed by atoms with Crippen LogP contribution in [0.1, 0.15) is 34.5 Å². The fourth-order valence-corrected chi connectivity index (χ4v) is 5.11. The van der Waals surface area contributed by atoms with Crippen LogP contribution in [0.25, 0.3) is 21.3 Å². The van der Waals surface area contributed by atoms with Crippen molar-refractivity contribution in [3.63, 3.8) is 0 Å². The molecule has 0 bridgehead atoms. The molecule has 1 saturated carbocycles. The molecule has 0 spiro atoms. The zero-order valence-corrected chi connectivity index (χ0v) is 19.6. The van der Waals surface area contributed by atoms with Crippen molar-refractivity contribution in [3.8, 4) is 10.4 Å². The number of carbonyl (C=O) groups is 1. The summed E-state index contributed by atoms with van der Waals surface area (Å²) < 4.78 is 13.8. The summed E-state index contributed by atoms with van der Waals surface area (Å²) in [6.07, 6.45) is 4.89. The van der Waals surface area contributed by atoms with Crippen LogP contribution in [-0.4, -0.2) is 40.9 Å². The van der Waals surface area contributed by atoms with Gasteiger partial charge in [0.25, 0.3) is 5.91 Å². The molecule has 0 atom stereocenters. The van der Waals surface area contributed by atoms with Crippen LogP contribution >= 0.6 is 11.3 Å². The SMILES string of the molecule is CNc1nc(C(=O)N(CCc2c[nH]c3ccc(F)cc23)CC2CC2)c(-c2cccc(C)c2)s1. The summed E-state index contributed by atoms with van der Waals surface area (Å²) in [6, 6.07) is 13.0. The fraction of sp³-hybridized carbons (Fsp3) is 0.308. The number of hydrogen-bond acceptors (Lipinski definition) is 4. The lowest BCUT2D eigenvalue weighted by Gasteiger charge is -2.22. The lowest BCUT2D eigenvalue weighted by atomic mass is 10.1. The maximum Gasteiger partial charge on any atom is 0.274 e. The van der Waals surface area contributed by atoms with E-state index in [1.807, 2.05) is 30.3 Å². The number of aromatic amines is 1. The first kappa shape index (κ1) is 21.6. The van der Waals surface area contributed by atoms with Gasteiger partial charge in [0.05, 0.1) is 4.88 Å². The van der Waals surface area contributed by atoms with Gasteiger partial charge in [0.1, 0.15) is 11.5 Å². The number of aromatic nitrogens is 2. The molecule has 0 saturated heterocycles. The minimum absolute atomic E-state index is 0.0397. The quantitative estimate of drug-likeness (QED) is 0.344. The molecule has 2 aromatic heterocycles. The first-order chi connectivity index (χ1) is 16.0. The monoisotopic (exact) mass is 462 g/mol. The van der Waals surface area contributed by atoms with E-state index in [9.17, 15) is 9.18 Å². The van der Waals surface area contributed by atoms with Crippen LogP contribution in [0.15, 0.2) is 48.7 Å². The number of rotatable bonds is 8.